The number of rotatable bonds is 1. The molecule has 0 radical (unpaired) electrons. The fourth-order valence-electron chi connectivity index (χ4n) is 3.29. The summed E-state index contributed by atoms with van der Waals surface area (Å²) >= 11 is 0. The maximum Gasteiger partial charge on any atom is 0.0104 e. The first-order valence-corrected chi connectivity index (χ1v) is 6.10. The van der Waals surface area contributed by atoms with Crippen LogP contribution in [0.15, 0.2) is 0 Å². The molecule has 0 amide bonds. The molecule has 0 bridgehead atoms. The van der Waals surface area contributed by atoms with E-state index in [0.717, 1.165) is 5.92 Å². The molecule has 0 aromatic heterocycles. The summed E-state index contributed by atoms with van der Waals surface area (Å²) in [6.45, 7) is 7.37. The fraction of sp³-hybridized carbons (Fsp3) is 1.00. The normalized spacial score (nSPS) is 37.3. The standard InChI is InChI=1S/C12H24N2/c1-12(11-5-3-4-6-11)9-13-7-8-14(2)10-12/h11,13H,3-10H2,1-2H3. The molecule has 1 aliphatic heterocycles. The van der Waals surface area contributed by atoms with Gasteiger partial charge in [-0.15, -0.1) is 0 Å². The zero-order valence-corrected chi connectivity index (χ0v) is 9.68. The largest absolute Gasteiger partial charge is 0.315 e. The molecule has 1 heterocycles. The minimum Gasteiger partial charge on any atom is -0.315 e. The van der Waals surface area contributed by atoms with Gasteiger partial charge in [0.05, 0.1) is 0 Å². The topological polar surface area (TPSA) is 15.3 Å². The van der Waals surface area contributed by atoms with E-state index in [1.54, 1.807) is 0 Å². The average molecular weight is 196 g/mol. The van der Waals surface area contributed by atoms with Gasteiger partial charge in [0, 0.05) is 26.2 Å². The molecule has 2 fully saturated rings. The van der Waals surface area contributed by atoms with Crippen LogP contribution in [0.1, 0.15) is 32.6 Å². The summed E-state index contributed by atoms with van der Waals surface area (Å²) in [5.41, 5.74) is 0.530. The van der Waals surface area contributed by atoms with Gasteiger partial charge in [0.25, 0.3) is 0 Å². The van der Waals surface area contributed by atoms with Gasteiger partial charge in [-0.1, -0.05) is 19.8 Å². The van der Waals surface area contributed by atoms with E-state index in [4.69, 9.17) is 0 Å². The van der Waals surface area contributed by atoms with E-state index in [9.17, 15) is 0 Å². The van der Waals surface area contributed by atoms with Gasteiger partial charge in [-0.05, 0) is 31.2 Å². The van der Waals surface area contributed by atoms with Crippen molar-refractivity contribution in [2.75, 3.05) is 33.2 Å². The van der Waals surface area contributed by atoms with Crippen molar-refractivity contribution in [3.63, 3.8) is 0 Å². The second-order valence-electron chi connectivity index (χ2n) is 5.55. The van der Waals surface area contributed by atoms with E-state index in [2.05, 4.69) is 24.2 Å². The van der Waals surface area contributed by atoms with E-state index in [1.807, 2.05) is 0 Å². The molecule has 2 heteroatoms. The summed E-state index contributed by atoms with van der Waals surface area (Å²) in [6, 6.07) is 0. The highest BCUT2D eigenvalue weighted by atomic mass is 15.1. The van der Waals surface area contributed by atoms with Crippen LogP contribution in [0.25, 0.3) is 0 Å². The maximum absolute atomic E-state index is 3.60. The highest BCUT2D eigenvalue weighted by Crippen LogP contribution is 2.40. The molecule has 0 spiro atoms. The number of nitrogens with zero attached hydrogens (tertiary/aromatic N) is 1. The van der Waals surface area contributed by atoms with Gasteiger partial charge >= 0.3 is 0 Å². The summed E-state index contributed by atoms with van der Waals surface area (Å²) in [7, 11) is 2.26. The Morgan fingerprint density at radius 3 is 2.71 bits per heavy atom. The molecule has 2 nitrogen and oxygen atoms in total. The van der Waals surface area contributed by atoms with E-state index in [0.29, 0.717) is 5.41 Å². The van der Waals surface area contributed by atoms with Gasteiger partial charge in [-0.25, -0.2) is 0 Å². The third-order valence-electron chi connectivity index (χ3n) is 4.17. The van der Waals surface area contributed by atoms with Crippen LogP contribution in [0.5, 0.6) is 0 Å². The minimum atomic E-state index is 0.530. The van der Waals surface area contributed by atoms with Crippen molar-refractivity contribution >= 4 is 0 Å². The highest BCUT2D eigenvalue weighted by Gasteiger charge is 2.37. The molecule has 2 aliphatic rings. The van der Waals surface area contributed by atoms with Gasteiger partial charge in [0.2, 0.25) is 0 Å². The molecule has 0 aromatic carbocycles. The average Bonchev–Trinajstić information content (AvgIpc) is 2.61. The maximum atomic E-state index is 3.60. The lowest BCUT2D eigenvalue weighted by Crippen LogP contribution is -2.41. The SMILES string of the molecule is CN1CCNCC(C)(C2CCCC2)C1. The van der Waals surface area contributed by atoms with E-state index in [-0.39, 0.29) is 0 Å². The zero-order chi connectivity index (χ0) is 10.0. The molecular formula is C12H24N2. The number of nitrogens with one attached hydrogen (secondary N) is 1. The number of hydrogen-bond acceptors (Lipinski definition) is 2. The summed E-state index contributed by atoms with van der Waals surface area (Å²) < 4.78 is 0. The molecule has 1 aliphatic carbocycles. The van der Waals surface area contributed by atoms with Crippen LogP contribution in [-0.2, 0) is 0 Å². The quantitative estimate of drug-likeness (QED) is 0.687. The highest BCUT2D eigenvalue weighted by molar-refractivity contribution is 4.91. The van der Waals surface area contributed by atoms with Gasteiger partial charge in [0.15, 0.2) is 0 Å². The lowest BCUT2D eigenvalue weighted by atomic mass is 9.75. The molecule has 1 saturated carbocycles. The number of likely N-dealkylation sites (N-methyl/N-ethyl adjacent to an activating group) is 1. The predicted molar refractivity (Wildman–Crippen MR) is 60.4 cm³/mol. The van der Waals surface area contributed by atoms with Crippen LogP contribution in [-0.4, -0.2) is 38.1 Å². The number of hydrogen-bond donors (Lipinski definition) is 1. The van der Waals surface area contributed by atoms with Crippen LogP contribution in [0.4, 0.5) is 0 Å². The Balaban J connectivity index is 2.03. The van der Waals surface area contributed by atoms with Crippen molar-refractivity contribution in [3.8, 4) is 0 Å². The van der Waals surface area contributed by atoms with Crippen LogP contribution in [0, 0.1) is 11.3 Å². The molecular weight excluding hydrogens is 172 g/mol. The van der Waals surface area contributed by atoms with Gasteiger partial charge in [0.1, 0.15) is 0 Å². The molecule has 14 heavy (non-hydrogen) atoms. The fourth-order valence-corrected chi connectivity index (χ4v) is 3.29. The molecule has 0 aromatic rings. The molecule has 2 rings (SSSR count). The molecule has 1 atom stereocenters. The van der Waals surface area contributed by atoms with Gasteiger partial charge in [-0.3, -0.25) is 0 Å². The monoisotopic (exact) mass is 196 g/mol. The van der Waals surface area contributed by atoms with Crippen molar-refractivity contribution in [2.45, 2.75) is 32.6 Å². The second-order valence-corrected chi connectivity index (χ2v) is 5.55. The molecule has 1 saturated heterocycles. The predicted octanol–water partition coefficient (Wildman–Crippen LogP) is 1.72. The van der Waals surface area contributed by atoms with Crippen LogP contribution in [0.3, 0.4) is 0 Å². The Kier molecular flexibility index (Phi) is 3.13. The lowest BCUT2D eigenvalue weighted by molar-refractivity contribution is 0.140. The Morgan fingerprint density at radius 2 is 2.00 bits per heavy atom. The van der Waals surface area contributed by atoms with Crippen LogP contribution in [0.2, 0.25) is 0 Å². The molecule has 1 unspecified atom stereocenters. The second kappa shape index (κ2) is 4.19. The third-order valence-corrected chi connectivity index (χ3v) is 4.17. The lowest BCUT2D eigenvalue weighted by Gasteiger charge is -2.36. The van der Waals surface area contributed by atoms with Crippen molar-refractivity contribution in [1.82, 2.24) is 10.2 Å². The Morgan fingerprint density at radius 1 is 1.29 bits per heavy atom. The van der Waals surface area contributed by atoms with E-state index >= 15 is 0 Å². The van der Waals surface area contributed by atoms with Crippen LogP contribution >= 0.6 is 0 Å². The summed E-state index contributed by atoms with van der Waals surface area (Å²) in [5.74, 6) is 0.968. The summed E-state index contributed by atoms with van der Waals surface area (Å²) in [4.78, 5) is 2.50. The van der Waals surface area contributed by atoms with Crippen molar-refractivity contribution in [3.05, 3.63) is 0 Å². The Hall–Kier alpha value is -0.0800. The van der Waals surface area contributed by atoms with Crippen molar-refractivity contribution in [1.29, 1.82) is 0 Å². The first kappa shape index (κ1) is 10.4. The molecule has 82 valence electrons. The van der Waals surface area contributed by atoms with Crippen molar-refractivity contribution in [2.24, 2.45) is 11.3 Å². The van der Waals surface area contributed by atoms with E-state index < -0.39 is 0 Å². The van der Waals surface area contributed by atoms with E-state index in [1.165, 1.54) is 51.9 Å². The molecule has 1 N–H and O–H groups in total. The summed E-state index contributed by atoms with van der Waals surface area (Å²) in [6.07, 6.45) is 5.85. The first-order chi connectivity index (χ1) is 6.71. The minimum absolute atomic E-state index is 0.530. The van der Waals surface area contributed by atoms with Gasteiger partial charge < -0.3 is 10.2 Å². The third kappa shape index (κ3) is 2.12. The van der Waals surface area contributed by atoms with Crippen molar-refractivity contribution < 1.29 is 0 Å². The van der Waals surface area contributed by atoms with Gasteiger partial charge in [-0.2, -0.15) is 0 Å². The summed E-state index contributed by atoms with van der Waals surface area (Å²) in [5, 5.41) is 3.60. The smallest absolute Gasteiger partial charge is 0.0104 e. The van der Waals surface area contributed by atoms with Crippen LogP contribution < -0.4 is 5.32 Å². The Labute approximate surface area is 88.1 Å². The zero-order valence-electron chi connectivity index (χ0n) is 9.68. The first-order valence-electron chi connectivity index (χ1n) is 6.10. The Bertz CT molecular complexity index is 187.